The van der Waals surface area contributed by atoms with Gasteiger partial charge in [-0.25, -0.2) is 4.79 Å². The lowest BCUT2D eigenvalue weighted by atomic mass is 9.84. The second-order valence-electron chi connectivity index (χ2n) is 7.57. The van der Waals surface area contributed by atoms with Crippen molar-refractivity contribution in [2.45, 2.75) is 89.6 Å². The Hall–Kier alpha value is -1.60. The van der Waals surface area contributed by atoms with Gasteiger partial charge in [0.05, 0.1) is 0 Å². The van der Waals surface area contributed by atoms with Gasteiger partial charge in [-0.05, 0) is 63.7 Å². The minimum absolute atomic E-state index is 0.132. The summed E-state index contributed by atoms with van der Waals surface area (Å²) in [7, 11) is 0. The van der Waals surface area contributed by atoms with E-state index in [0.717, 1.165) is 57.8 Å². The van der Waals surface area contributed by atoms with Gasteiger partial charge in [-0.15, -0.1) is 6.42 Å². The molecule has 2 N–H and O–H groups in total. The first-order chi connectivity index (χ1) is 12.4. The number of carbonyl (C=O) groups is 2. The number of carboxylic acids is 1. The van der Waals surface area contributed by atoms with Crippen LogP contribution in [0.15, 0.2) is 12.2 Å². The first-order valence-corrected chi connectivity index (χ1v) is 10.0. The zero-order chi connectivity index (χ0) is 19.4. The molecule has 0 bridgehead atoms. The van der Waals surface area contributed by atoms with Crippen LogP contribution < -0.4 is 0 Å². The molecule has 3 atom stereocenters. The predicted molar refractivity (Wildman–Crippen MR) is 104 cm³/mol. The van der Waals surface area contributed by atoms with Crippen LogP contribution in [0.1, 0.15) is 84.0 Å². The molecule has 0 heterocycles. The van der Waals surface area contributed by atoms with E-state index in [2.05, 4.69) is 12.8 Å². The summed E-state index contributed by atoms with van der Waals surface area (Å²) in [5, 5.41) is 19.0. The van der Waals surface area contributed by atoms with Crippen molar-refractivity contribution < 1.29 is 19.8 Å². The van der Waals surface area contributed by atoms with Crippen LogP contribution in [0.5, 0.6) is 0 Å². The number of rotatable bonds is 13. The molecule has 146 valence electrons. The molecule has 0 amide bonds. The smallest absolute Gasteiger partial charge is 0.327 e. The van der Waals surface area contributed by atoms with Gasteiger partial charge in [0.25, 0.3) is 0 Å². The number of carbonyl (C=O) groups excluding carboxylic acids is 1. The van der Waals surface area contributed by atoms with Crippen molar-refractivity contribution in [2.75, 3.05) is 0 Å². The van der Waals surface area contributed by atoms with Crippen molar-refractivity contribution in [3.8, 4) is 12.3 Å². The van der Waals surface area contributed by atoms with Gasteiger partial charge in [0.2, 0.25) is 0 Å². The standard InChI is InChI=1S/C22H34O4/c1-3-5-16-22(26,4-2)17-10-11-18-14-15-20(23)19(18)12-8-6-7-9-13-21(24)25/h2,9,13,18-19,26H,3,5-8,10-12,14-17H2,1H3,(H,24,25)/t18-,19+,22?/m0/s1. The number of hydrogen-bond acceptors (Lipinski definition) is 3. The molecule has 1 aliphatic rings. The molecule has 0 aliphatic heterocycles. The quantitative estimate of drug-likeness (QED) is 0.287. The first-order valence-electron chi connectivity index (χ1n) is 10.0. The molecule has 1 unspecified atom stereocenters. The van der Waals surface area contributed by atoms with Crippen molar-refractivity contribution in [3.63, 3.8) is 0 Å². The monoisotopic (exact) mass is 362 g/mol. The molecule has 4 nitrogen and oxygen atoms in total. The molecular weight excluding hydrogens is 328 g/mol. The van der Waals surface area contributed by atoms with Gasteiger partial charge in [-0.1, -0.05) is 31.8 Å². The summed E-state index contributed by atoms with van der Waals surface area (Å²) < 4.78 is 0. The van der Waals surface area contributed by atoms with E-state index in [9.17, 15) is 14.7 Å². The molecule has 1 saturated carbocycles. The Labute approximate surface area is 158 Å². The summed E-state index contributed by atoms with van der Waals surface area (Å²) in [6.07, 6.45) is 18.5. The molecule has 0 saturated heterocycles. The summed E-state index contributed by atoms with van der Waals surface area (Å²) in [5.74, 6) is 2.56. The Balaban J connectivity index is 2.35. The molecule has 0 aromatic heterocycles. The SMILES string of the molecule is C#CC(O)(CCCC)CCC[C@H]1CCC(=O)[C@@H]1CCCCC=CC(=O)O. The van der Waals surface area contributed by atoms with Crippen LogP contribution in [0.3, 0.4) is 0 Å². The molecule has 1 rings (SSSR count). The molecule has 0 aromatic rings. The van der Waals surface area contributed by atoms with Crippen LogP contribution in [0.25, 0.3) is 0 Å². The molecule has 26 heavy (non-hydrogen) atoms. The van der Waals surface area contributed by atoms with E-state index >= 15 is 0 Å². The number of Topliss-reactive ketones (excluding diaryl/α,β-unsaturated/α-hetero) is 1. The molecular formula is C22H34O4. The molecule has 1 fully saturated rings. The largest absolute Gasteiger partial charge is 0.478 e. The minimum atomic E-state index is -0.995. The average Bonchev–Trinajstić information content (AvgIpc) is 2.96. The van der Waals surface area contributed by atoms with E-state index in [-0.39, 0.29) is 5.92 Å². The number of terminal acetylenes is 1. The maximum absolute atomic E-state index is 12.2. The van der Waals surface area contributed by atoms with E-state index in [1.54, 1.807) is 6.08 Å². The molecule has 0 aromatic carbocycles. The van der Waals surface area contributed by atoms with Crippen LogP contribution in [-0.2, 0) is 9.59 Å². The van der Waals surface area contributed by atoms with Crippen molar-refractivity contribution in [3.05, 3.63) is 12.2 Å². The van der Waals surface area contributed by atoms with Gasteiger partial charge < -0.3 is 10.2 Å². The van der Waals surface area contributed by atoms with Crippen molar-refractivity contribution in [1.82, 2.24) is 0 Å². The summed E-state index contributed by atoms with van der Waals surface area (Å²) >= 11 is 0. The predicted octanol–water partition coefficient (Wildman–Crippen LogP) is 4.51. The molecule has 0 spiro atoms. The third kappa shape index (κ3) is 8.19. The maximum Gasteiger partial charge on any atom is 0.327 e. The average molecular weight is 363 g/mol. The van der Waals surface area contributed by atoms with E-state index in [0.29, 0.717) is 31.0 Å². The number of ketones is 1. The number of hydrogen-bond donors (Lipinski definition) is 2. The number of carboxylic acid groups (broad SMARTS) is 1. The third-order valence-electron chi connectivity index (χ3n) is 5.52. The Kier molecular flexibility index (Phi) is 10.3. The van der Waals surface area contributed by atoms with Gasteiger partial charge >= 0.3 is 5.97 Å². The van der Waals surface area contributed by atoms with Crippen LogP contribution in [-0.4, -0.2) is 27.6 Å². The Morgan fingerprint density at radius 2 is 2.00 bits per heavy atom. The first kappa shape index (κ1) is 22.4. The van der Waals surface area contributed by atoms with Gasteiger partial charge in [0.1, 0.15) is 11.4 Å². The summed E-state index contributed by atoms with van der Waals surface area (Å²) in [5.41, 5.74) is -0.995. The summed E-state index contributed by atoms with van der Waals surface area (Å²) in [6, 6.07) is 0. The van der Waals surface area contributed by atoms with Crippen molar-refractivity contribution in [1.29, 1.82) is 0 Å². The highest BCUT2D eigenvalue weighted by atomic mass is 16.4. The zero-order valence-corrected chi connectivity index (χ0v) is 16.1. The van der Waals surface area contributed by atoms with E-state index in [1.165, 1.54) is 6.08 Å². The number of allylic oxidation sites excluding steroid dienone is 1. The Bertz CT molecular complexity index is 517. The lowest BCUT2D eigenvalue weighted by Crippen LogP contribution is -2.26. The van der Waals surface area contributed by atoms with E-state index in [1.807, 2.05) is 0 Å². The topological polar surface area (TPSA) is 74.6 Å². The molecule has 0 radical (unpaired) electrons. The van der Waals surface area contributed by atoms with Crippen molar-refractivity contribution in [2.24, 2.45) is 11.8 Å². The highest BCUT2D eigenvalue weighted by Gasteiger charge is 2.34. The number of aliphatic hydroxyl groups is 1. The van der Waals surface area contributed by atoms with Crippen LogP contribution in [0, 0.1) is 24.2 Å². The second-order valence-corrected chi connectivity index (χ2v) is 7.57. The number of aliphatic carboxylic acids is 1. The maximum atomic E-state index is 12.2. The van der Waals surface area contributed by atoms with Crippen LogP contribution in [0.4, 0.5) is 0 Å². The van der Waals surface area contributed by atoms with Gasteiger partial charge in [0.15, 0.2) is 0 Å². The van der Waals surface area contributed by atoms with Gasteiger partial charge in [-0.3, -0.25) is 4.79 Å². The van der Waals surface area contributed by atoms with E-state index < -0.39 is 11.6 Å². The van der Waals surface area contributed by atoms with Crippen molar-refractivity contribution >= 4 is 11.8 Å². The highest BCUT2D eigenvalue weighted by Crippen LogP contribution is 2.37. The normalized spacial score (nSPS) is 22.4. The Morgan fingerprint density at radius 1 is 1.27 bits per heavy atom. The third-order valence-corrected chi connectivity index (χ3v) is 5.52. The summed E-state index contributed by atoms with van der Waals surface area (Å²) in [6.45, 7) is 2.09. The fourth-order valence-corrected chi connectivity index (χ4v) is 3.93. The minimum Gasteiger partial charge on any atom is -0.478 e. The Morgan fingerprint density at radius 3 is 2.65 bits per heavy atom. The highest BCUT2D eigenvalue weighted by molar-refractivity contribution is 5.83. The fraction of sp³-hybridized carbons (Fsp3) is 0.727. The van der Waals surface area contributed by atoms with Gasteiger partial charge in [0, 0.05) is 18.4 Å². The fourth-order valence-electron chi connectivity index (χ4n) is 3.93. The second kappa shape index (κ2) is 11.9. The van der Waals surface area contributed by atoms with Crippen LogP contribution >= 0.6 is 0 Å². The van der Waals surface area contributed by atoms with Crippen LogP contribution in [0.2, 0.25) is 0 Å². The van der Waals surface area contributed by atoms with E-state index in [4.69, 9.17) is 11.5 Å². The number of unbranched alkanes of at least 4 members (excludes halogenated alkanes) is 3. The molecule has 4 heteroatoms. The summed E-state index contributed by atoms with van der Waals surface area (Å²) in [4.78, 5) is 22.6. The molecule has 1 aliphatic carbocycles. The zero-order valence-electron chi connectivity index (χ0n) is 16.1. The lowest BCUT2D eigenvalue weighted by Gasteiger charge is -2.24. The lowest BCUT2D eigenvalue weighted by molar-refractivity contribution is -0.131. The van der Waals surface area contributed by atoms with Gasteiger partial charge in [-0.2, -0.15) is 0 Å².